The number of aryl methyl sites for hydroxylation is 1. The lowest BCUT2D eigenvalue weighted by molar-refractivity contribution is 0.0361. The number of aromatic amines is 1. The zero-order valence-electron chi connectivity index (χ0n) is 12.1. The summed E-state index contributed by atoms with van der Waals surface area (Å²) in [6.45, 7) is 6.30. The van der Waals surface area contributed by atoms with Crippen molar-refractivity contribution in [2.45, 2.75) is 19.9 Å². The molecule has 6 nitrogen and oxygen atoms in total. The zero-order chi connectivity index (χ0) is 14.8. The SMILES string of the molecule is CCc1cc2c(=O)n(CCN3CCOCC3)c(=O)[nH]c2s1. The fourth-order valence-corrected chi connectivity index (χ4v) is 3.52. The third-order valence-corrected chi connectivity index (χ3v) is 5.01. The molecule has 0 amide bonds. The highest BCUT2D eigenvalue weighted by atomic mass is 32.1. The molecular weight excluding hydrogens is 290 g/mol. The minimum atomic E-state index is -0.315. The van der Waals surface area contributed by atoms with Gasteiger partial charge in [0.2, 0.25) is 0 Å². The number of ether oxygens (including phenoxy) is 1. The van der Waals surface area contributed by atoms with Crippen LogP contribution in [0, 0.1) is 0 Å². The van der Waals surface area contributed by atoms with Gasteiger partial charge in [-0.15, -0.1) is 11.3 Å². The highest BCUT2D eigenvalue weighted by Gasteiger charge is 2.14. The van der Waals surface area contributed by atoms with Crippen molar-refractivity contribution in [2.24, 2.45) is 0 Å². The first kappa shape index (κ1) is 14.5. The van der Waals surface area contributed by atoms with Crippen molar-refractivity contribution >= 4 is 21.6 Å². The summed E-state index contributed by atoms with van der Waals surface area (Å²) in [6.07, 6.45) is 0.870. The Morgan fingerprint density at radius 1 is 1.29 bits per heavy atom. The van der Waals surface area contributed by atoms with Crippen LogP contribution in [0.5, 0.6) is 0 Å². The van der Waals surface area contributed by atoms with E-state index in [4.69, 9.17) is 4.74 Å². The van der Waals surface area contributed by atoms with E-state index in [1.807, 2.05) is 13.0 Å². The molecular formula is C14H19N3O3S. The van der Waals surface area contributed by atoms with Gasteiger partial charge in [-0.1, -0.05) is 6.92 Å². The number of thiophene rings is 1. The van der Waals surface area contributed by atoms with Crippen molar-refractivity contribution in [2.75, 3.05) is 32.8 Å². The molecule has 1 aliphatic rings. The predicted molar refractivity (Wildman–Crippen MR) is 83.3 cm³/mol. The molecule has 1 fully saturated rings. The van der Waals surface area contributed by atoms with E-state index in [1.165, 1.54) is 15.9 Å². The molecule has 1 N–H and O–H groups in total. The van der Waals surface area contributed by atoms with Crippen LogP contribution in [0.25, 0.3) is 10.2 Å². The first-order valence-corrected chi connectivity index (χ1v) is 8.06. The van der Waals surface area contributed by atoms with Gasteiger partial charge in [0.05, 0.1) is 18.6 Å². The average molecular weight is 309 g/mol. The van der Waals surface area contributed by atoms with Crippen LogP contribution < -0.4 is 11.2 Å². The highest BCUT2D eigenvalue weighted by molar-refractivity contribution is 7.18. The Hall–Kier alpha value is -1.44. The van der Waals surface area contributed by atoms with Gasteiger partial charge in [0.15, 0.2) is 0 Å². The van der Waals surface area contributed by atoms with Crippen LogP contribution in [0.15, 0.2) is 15.7 Å². The normalized spacial score (nSPS) is 16.6. The van der Waals surface area contributed by atoms with Crippen LogP contribution in [-0.2, 0) is 17.7 Å². The van der Waals surface area contributed by atoms with Crippen LogP contribution in [-0.4, -0.2) is 47.3 Å². The third kappa shape index (κ3) is 2.95. The Bertz CT molecular complexity index is 740. The lowest BCUT2D eigenvalue weighted by Crippen LogP contribution is -2.42. The van der Waals surface area contributed by atoms with Crippen molar-refractivity contribution in [3.63, 3.8) is 0 Å². The molecule has 1 aliphatic heterocycles. The lowest BCUT2D eigenvalue weighted by atomic mass is 10.3. The lowest BCUT2D eigenvalue weighted by Gasteiger charge is -2.26. The second-order valence-electron chi connectivity index (χ2n) is 5.15. The molecule has 114 valence electrons. The monoisotopic (exact) mass is 309 g/mol. The number of morpholine rings is 1. The summed E-state index contributed by atoms with van der Waals surface area (Å²) in [5.41, 5.74) is -0.497. The number of aromatic nitrogens is 2. The molecule has 0 aliphatic carbocycles. The van der Waals surface area contributed by atoms with Gasteiger partial charge in [0.25, 0.3) is 5.56 Å². The summed E-state index contributed by atoms with van der Waals surface area (Å²) >= 11 is 1.48. The minimum Gasteiger partial charge on any atom is -0.379 e. The van der Waals surface area contributed by atoms with E-state index in [1.54, 1.807) is 0 Å². The number of fused-ring (bicyclic) bond motifs is 1. The minimum absolute atomic E-state index is 0.182. The maximum Gasteiger partial charge on any atom is 0.329 e. The predicted octanol–water partition coefficient (Wildman–Crippen LogP) is 0.646. The number of nitrogens with one attached hydrogen (secondary N) is 1. The molecule has 0 aromatic carbocycles. The molecule has 1 saturated heterocycles. The van der Waals surface area contributed by atoms with Gasteiger partial charge in [-0.2, -0.15) is 0 Å². The highest BCUT2D eigenvalue weighted by Crippen LogP contribution is 2.20. The fourth-order valence-electron chi connectivity index (χ4n) is 2.54. The van der Waals surface area contributed by atoms with Crippen molar-refractivity contribution in [3.8, 4) is 0 Å². The van der Waals surface area contributed by atoms with E-state index in [2.05, 4.69) is 9.88 Å². The van der Waals surface area contributed by atoms with E-state index in [0.29, 0.717) is 36.5 Å². The number of hydrogen-bond donors (Lipinski definition) is 1. The summed E-state index contributed by atoms with van der Waals surface area (Å²) < 4.78 is 6.60. The first-order valence-electron chi connectivity index (χ1n) is 7.24. The van der Waals surface area contributed by atoms with Crippen molar-refractivity contribution < 1.29 is 4.74 Å². The van der Waals surface area contributed by atoms with Gasteiger partial charge in [-0.3, -0.25) is 19.2 Å². The Morgan fingerprint density at radius 3 is 2.76 bits per heavy atom. The molecule has 0 radical (unpaired) electrons. The average Bonchev–Trinajstić information content (AvgIpc) is 2.91. The number of rotatable bonds is 4. The molecule has 0 spiro atoms. The Morgan fingerprint density at radius 2 is 2.05 bits per heavy atom. The second-order valence-corrected chi connectivity index (χ2v) is 6.29. The third-order valence-electron chi connectivity index (χ3n) is 3.82. The molecule has 3 heterocycles. The van der Waals surface area contributed by atoms with E-state index in [9.17, 15) is 9.59 Å². The van der Waals surface area contributed by atoms with Crippen LogP contribution in [0.4, 0.5) is 0 Å². The van der Waals surface area contributed by atoms with E-state index >= 15 is 0 Å². The molecule has 0 bridgehead atoms. The van der Waals surface area contributed by atoms with Crippen LogP contribution in [0.2, 0.25) is 0 Å². The first-order chi connectivity index (χ1) is 10.2. The maximum atomic E-state index is 12.5. The largest absolute Gasteiger partial charge is 0.379 e. The Labute approximate surface area is 126 Å². The Balaban J connectivity index is 1.87. The van der Waals surface area contributed by atoms with E-state index in [0.717, 1.165) is 24.4 Å². The van der Waals surface area contributed by atoms with Gasteiger partial charge in [0, 0.05) is 31.1 Å². The van der Waals surface area contributed by atoms with Gasteiger partial charge >= 0.3 is 5.69 Å². The number of H-pyrrole nitrogens is 1. The molecule has 0 saturated carbocycles. The van der Waals surface area contributed by atoms with Gasteiger partial charge in [-0.05, 0) is 12.5 Å². The van der Waals surface area contributed by atoms with Crippen LogP contribution in [0.1, 0.15) is 11.8 Å². The quantitative estimate of drug-likeness (QED) is 0.900. The van der Waals surface area contributed by atoms with Crippen LogP contribution in [0.3, 0.4) is 0 Å². The smallest absolute Gasteiger partial charge is 0.329 e. The maximum absolute atomic E-state index is 12.5. The van der Waals surface area contributed by atoms with Crippen LogP contribution >= 0.6 is 11.3 Å². The molecule has 2 aromatic heterocycles. The molecule has 21 heavy (non-hydrogen) atoms. The van der Waals surface area contributed by atoms with Crippen molar-refractivity contribution in [1.82, 2.24) is 14.5 Å². The standard InChI is InChI=1S/C14H19N3O3S/c1-2-10-9-11-12(21-10)15-14(19)17(13(11)18)4-3-16-5-7-20-8-6-16/h9H,2-8H2,1H3,(H,15,19). The fraction of sp³-hybridized carbons (Fsp3) is 0.571. The van der Waals surface area contributed by atoms with E-state index < -0.39 is 0 Å². The zero-order valence-corrected chi connectivity index (χ0v) is 12.9. The molecule has 0 atom stereocenters. The summed E-state index contributed by atoms with van der Waals surface area (Å²) in [5.74, 6) is 0. The Kier molecular flexibility index (Phi) is 4.23. The van der Waals surface area contributed by atoms with E-state index in [-0.39, 0.29) is 11.2 Å². The van der Waals surface area contributed by atoms with Crippen molar-refractivity contribution in [3.05, 3.63) is 31.8 Å². The molecule has 2 aromatic rings. The molecule has 0 unspecified atom stereocenters. The molecule has 7 heteroatoms. The summed E-state index contributed by atoms with van der Waals surface area (Å²) in [7, 11) is 0. The molecule has 3 rings (SSSR count). The summed E-state index contributed by atoms with van der Waals surface area (Å²) in [5, 5.41) is 0.624. The number of hydrogen-bond acceptors (Lipinski definition) is 5. The second kappa shape index (κ2) is 6.13. The topological polar surface area (TPSA) is 67.3 Å². The van der Waals surface area contributed by atoms with Crippen molar-refractivity contribution in [1.29, 1.82) is 0 Å². The van der Waals surface area contributed by atoms with Gasteiger partial charge in [-0.25, -0.2) is 4.79 Å². The summed E-state index contributed by atoms with van der Waals surface area (Å²) in [4.78, 5) is 31.4. The van der Waals surface area contributed by atoms with Gasteiger partial charge in [0.1, 0.15) is 4.83 Å². The summed E-state index contributed by atoms with van der Waals surface area (Å²) in [6, 6.07) is 1.89. The number of nitrogens with zero attached hydrogens (tertiary/aromatic N) is 2. The van der Waals surface area contributed by atoms with Gasteiger partial charge < -0.3 is 4.74 Å².